The van der Waals surface area contributed by atoms with Crippen molar-refractivity contribution in [1.82, 2.24) is 19.7 Å². The highest BCUT2D eigenvalue weighted by molar-refractivity contribution is 7.91. The number of aromatic nitrogens is 4. The average molecular weight is 485 g/mol. The van der Waals surface area contributed by atoms with Gasteiger partial charge in [0.2, 0.25) is 0 Å². The number of rotatable bonds is 3. The molecule has 3 aromatic heterocycles. The third kappa shape index (κ3) is 3.71. The Balaban J connectivity index is 1.53. The molecule has 0 radical (unpaired) electrons. The zero-order valence-electron chi connectivity index (χ0n) is 17.1. The number of halogens is 3. The minimum atomic E-state index is -4.70. The fraction of sp³-hybridized carbons (Fsp3) is 0.0909. The van der Waals surface area contributed by atoms with Gasteiger partial charge in [0.05, 0.1) is 28.0 Å². The zero-order chi connectivity index (χ0) is 24.1. The number of pyridine rings is 2. The number of amides is 1. The van der Waals surface area contributed by atoms with Crippen LogP contribution >= 0.6 is 0 Å². The Morgan fingerprint density at radius 2 is 1.76 bits per heavy atom. The highest BCUT2D eigenvalue weighted by Gasteiger charge is 2.37. The summed E-state index contributed by atoms with van der Waals surface area (Å²) in [6.07, 6.45) is -0.708. The fourth-order valence-electron chi connectivity index (χ4n) is 3.63. The molecule has 172 valence electrons. The average Bonchev–Trinajstić information content (AvgIpc) is 3.29. The number of alkyl halides is 3. The van der Waals surface area contributed by atoms with Gasteiger partial charge in [0, 0.05) is 18.0 Å². The molecule has 1 aliphatic rings. The summed E-state index contributed by atoms with van der Waals surface area (Å²) in [5, 5.41) is 4.07. The first-order chi connectivity index (χ1) is 16.1. The monoisotopic (exact) mass is 485 g/mol. The summed E-state index contributed by atoms with van der Waals surface area (Å²) in [4.78, 5) is 21.7. The second kappa shape index (κ2) is 7.76. The molecule has 8 nitrogen and oxygen atoms in total. The van der Waals surface area contributed by atoms with Gasteiger partial charge in [-0.2, -0.15) is 18.3 Å². The first-order valence-electron chi connectivity index (χ1n) is 9.83. The van der Waals surface area contributed by atoms with Crippen molar-refractivity contribution < 1.29 is 26.4 Å². The largest absolute Gasteiger partial charge is 0.433 e. The third-order valence-corrected chi connectivity index (χ3v) is 6.83. The molecule has 5 rings (SSSR count). The number of carbonyl (C=O) groups excluding carboxylic acids is 1. The van der Waals surface area contributed by atoms with Crippen molar-refractivity contribution in [2.24, 2.45) is 0 Å². The predicted octanol–water partition coefficient (Wildman–Crippen LogP) is 3.74. The number of sulfone groups is 1. The molecule has 4 aromatic rings. The first kappa shape index (κ1) is 21.8. The lowest BCUT2D eigenvalue weighted by atomic mass is 10.2. The van der Waals surface area contributed by atoms with Crippen molar-refractivity contribution in [3.63, 3.8) is 0 Å². The first-order valence-corrected chi connectivity index (χ1v) is 11.5. The maximum absolute atomic E-state index is 13.7. The molecule has 0 saturated carbocycles. The van der Waals surface area contributed by atoms with Gasteiger partial charge in [-0.05, 0) is 42.5 Å². The fourth-order valence-corrected chi connectivity index (χ4v) is 5.13. The number of carbonyl (C=O) groups is 1. The van der Waals surface area contributed by atoms with Gasteiger partial charge >= 0.3 is 6.18 Å². The Morgan fingerprint density at radius 1 is 0.971 bits per heavy atom. The number of hydrogen-bond acceptors (Lipinski definition) is 6. The Labute approximate surface area is 191 Å². The van der Waals surface area contributed by atoms with Crippen molar-refractivity contribution in [2.45, 2.75) is 11.1 Å². The van der Waals surface area contributed by atoms with Crippen LogP contribution in [0.1, 0.15) is 16.1 Å². The molecule has 0 saturated heterocycles. The Hall–Kier alpha value is -4.06. The molecular formula is C22H14F3N5O3S. The summed E-state index contributed by atoms with van der Waals surface area (Å²) < 4.78 is 67.0. The van der Waals surface area contributed by atoms with E-state index in [2.05, 4.69) is 15.1 Å². The second-order valence-electron chi connectivity index (χ2n) is 7.41. The molecule has 0 unspecified atom stereocenters. The highest BCUT2D eigenvalue weighted by atomic mass is 32.2. The second-order valence-corrected chi connectivity index (χ2v) is 9.34. The number of nitrogens with zero attached hydrogens (tertiary/aromatic N) is 5. The summed E-state index contributed by atoms with van der Waals surface area (Å²) in [6.45, 7) is 0. The van der Waals surface area contributed by atoms with Gasteiger partial charge in [0.15, 0.2) is 9.84 Å². The molecule has 1 aromatic carbocycles. The Kier molecular flexibility index (Phi) is 4.97. The molecule has 0 spiro atoms. The minimum Gasteiger partial charge on any atom is -0.277 e. The normalized spacial score (nSPS) is 15.3. The van der Waals surface area contributed by atoms with Crippen LogP contribution in [0.3, 0.4) is 0 Å². The maximum atomic E-state index is 13.7. The highest BCUT2D eigenvalue weighted by Crippen LogP contribution is 2.34. The molecule has 1 aliphatic heterocycles. The van der Waals surface area contributed by atoms with Gasteiger partial charge in [-0.15, -0.1) is 0 Å². The van der Waals surface area contributed by atoms with E-state index in [1.54, 1.807) is 18.2 Å². The summed E-state index contributed by atoms with van der Waals surface area (Å²) in [6, 6.07) is 12.5. The van der Waals surface area contributed by atoms with E-state index in [-0.39, 0.29) is 27.7 Å². The number of anilines is 1. The molecule has 0 aliphatic carbocycles. The molecule has 0 bridgehead atoms. The molecule has 12 heteroatoms. The summed E-state index contributed by atoms with van der Waals surface area (Å²) in [5.41, 5.74) is -0.560. The van der Waals surface area contributed by atoms with E-state index in [4.69, 9.17) is 0 Å². The van der Waals surface area contributed by atoms with Crippen molar-refractivity contribution in [2.75, 3.05) is 10.8 Å². The van der Waals surface area contributed by atoms with Crippen LogP contribution in [0.25, 0.3) is 16.9 Å². The van der Waals surface area contributed by atoms with Crippen LogP contribution in [0.15, 0.2) is 78.1 Å². The van der Waals surface area contributed by atoms with E-state index in [9.17, 15) is 26.4 Å². The van der Waals surface area contributed by atoms with Gasteiger partial charge in [0.1, 0.15) is 17.4 Å². The lowest BCUT2D eigenvalue weighted by Crippen LogP contribution is -2.41. The van der Waals surface area contributed by atoms with Crippen LogP contribution in [-0.2, 0) is 16.0 Å². The van der Waals surface area contributed by atoms with Gasteiger partial charge in [-0.25, -0.2) is 18.1 Å². The molecule has 34 heavy (non-hydrogen) atoms. The Morgan fingerprint density at radius 3 is 2.44 bits per heavy atom. The minimum absolute atomic E-state index is 0.00664. The lowest BCUT2D eigenvalue weighted by Gasteiger charge is -2.27. The molecule has 0 fully saturated rings. The number of benzene rings is 1. The van der Waals surface area contributed by atoms with Crippen LogP contribution in [0.2, 0.25) is 0 Å². The van der Waals surface area contributed by atoms with Crippen molar-refractivity contribution in [1.29, 1.82) is 0 Å². The predicted molar refractivity (Wildman–Crippen MR) is 115 cm³/mol. The van der Waals surface area contributed by atoms with Gasteiger partial charge in [-0.3, -0.25) is 14.7 Å². The standard InChI is InChI=1S/C22H14F3N5O3S/c23-22(24,25)19-10-17(14-4-3-9-26-11-14)28-30(19)15-7-8-20(27-12-15)29-13-34(32,33)18-6-2-1-5-16(18)21(29)31/h1-12H,13H2. The van der Waals surface area contributed by atoms with Gasteiger partial charge in [-0.1, -0.05) is 12.1 Å². The van der Waals surface area contributed by atoms with Crippen LogP contribution in [0.4, 0.5) is 19.0 Å². The molecular weight excluding hydrogens is 471 g/mol. The summed E-state index contributed by atoms with van der Waals surface area (Å²) in [7, 11) is -3.80. The lowest BCUT2D eigenvalue weighted by molar-refractivity contribution is -0.142. The third-order valence-electron chi connectivity index (χ3n) is 5.21. The van der Waals surface area contributed by atoms with Gasteiger partial charge in [0.25, 0.3) is 5.91 Å². The quantitative estimate of drug-likeness (QED) is 0.439. The maximum Gasteiger partial charge on any atom is 0.433 e. The van der Waals surface area contributed by atoms with Crippen molar-refractivity contribution in [3.8, 4) is 16.9 Å². The smallest absolute Gasteiger partial charge is 0.277 e. The zero-order valence-corrected chi connectivity index (χ0v) is 18.0. The molecule has 0 atom stereocenters. The van der Waals surface area contributed by atoms with Crippen LogP contribution in [0.5, 0.6) is 0 Å². The van der Waals surface area contributed by atoms with Crippen molar-refractivity contribution >= 4 is 21.6 Å². The van der Waals surface area contributed by atoms with Crippen LogP contribution in [-0.4, -0.2) is 40.0 Å². The molecule has 1 amide bonds. The van der Waals surface area contributed by atoms with Crippen molar-refractivity contribution in [3.05, 3.63) is 84.4 Å². The van der Waals surface area contributed by atoms with Gasteiger partial charge < -0.3 is 0 Å². The molecule has 4 heterocycles. The summed E-state index contributed by atoms with van der Waals surface area (Å²) >= 11 is 0. The number of fused-ring (bicyclic) bond motifs is 1. The van der Waals surface area contributed by atoms with E-state index in [0.717, 1.165) is 17.2 Å². The number of hydrogen-bond donors (Lipinski definition) is 0. The summed E-state index contributed by atoms with van der Waals surface area (Å²) in [5.74, 6) is -1.21. The van der Waals surface area contributed by atoms with Crippen LogP contribution in [0, 0.1) is 0 Å². The molecule has 0 N–H and O–H groups in total. The van der Waals surface area contributed by atoms with E-state index in [1.807, 2.05) is 0 Å². The van der Waals surface area contributed by atoms with Crippen LogP contribution < -0.4 is 4.90 Å². The van der Waals surface area contributed by atoms with E-state index < -0.39 is 33.5 Å². The van der Waals surface area contributed by atoms with E-state index in [0.29, 0.717) is 10.2 Å². The van der Waals surface area contributed by atoms with E-state index >= 15 is 0 Å². The SMILES string of the molecule is O=C1c2ccccc2S(=O)(=O)CN1c1ccc(-n2nc(-c3cccnc3)cc2C(F)(F)F)cn1. The Bertz CT molecular complexity index is 1500. The van der Waals surface area contributed by atoms with E-state index in [1.165, 1.54) is 42.7 Å². The topological polar surface area (TPSA) is 98.1 Å².